The zero-order valence-corrected chi connectivity index (χ0v) is 17.5. The Morgan fingerprint density at radius 3 is 2.68 bits per heavy atom. The molecule has 5 rings (SSSR count). The number of hydrogen-bond donors (Lipinski definition) is 1. The van der Waals surface area contributed by atoms with E-state index in [-0.39, 0.29) is 11.1 Å². The van der Waals surface area contributed by atoms with Crippen LogP contribution in [0, 0.1) is 0 Å². The molecule has 0 unspecified atom stereocenters. The first-order chi connectivity index (χ1) is 15.2. The van der Waals surface area contributed by atoms with Gasteiger partial charge in [-0.1, -0.05) is 23.4 Å². The van der Waals surface area contributed by atoms with Gasteiger partial charge in [0.1, 0.15) is 17.3 Å². The standard InChI is InChI=1S/C23H23N5O3/c1-3-31-19-12-16(15-6-7-15)8-11-18(19)21-24-22-20(23(29)25-21)26-27-28(22)13-14-4-9-17(30-2)10-5-14/h4-5,8-12,15H,3,6-7,13H2,1-2H3,(H,24,25,29). The van der Waals surface area contributed by atoms with Crippen LogP contribution in [0.15, 0.2) is 47.3 Å². The Bertz CT molecular complexity index is 1290. The van der Waals surface area contributed by atoms with Gasteiger partial charge in [-0.15, -0.1) is 5.10 Å². The predicted molar refractivity (Wildman–Crippen MR) is 117 cm³/mol. The average molecular weight is 417 g/mol. The van der Waals surface area contributed by atoms with Crippen LogP contribution >= 0.6 is 0 Å². The van der Waals surface area contributed by atoms with Gasteiger partial charge in [-0.3, -0.25) is 4.79 Å². The third kappa shape index (κ3) is 3.76. The summed E-state index contributed by atoms with van der Waals surface area (Å²) in [6.45, 7) is 2.92. The number of hydrogen-bond acceptors (Lipinski definition) is 6. The summed E-state index contributed by atoms with van der Waals surface area (Å²) in [6, 6.07) is 13.8. The summed E-state index contributed by atoms with van der Waals surface area (Å²) in [5.41, 5.74) is 3.34. The Kier molecular flexibility index (Phi) is 4.89. The maximum Gasteiger partial charge on any atom is 0.281 e. The van der Waals surface area contributed by atoms with Crippen molar-refractivity contribution in [2.45, 2.75) is 32.2 Å². The lowest BCUT2D eigenvalue weighted by molar-refractivity contribution is 0.341. The first kappa shape index (κ1) is 19.3. The SMILES string of the molecule is CCOc1cc(C2CC2)ccc1-c1nc2c(nnn2Cc2ccc(OC)cc2)c(=O)[nH]1. The number of aromatic nitrogens is 5. The minimum Gasteiger partial charge on any atom is -0.497 e. The molecule has 4 aromatic rings. The fourth-order valence-corrected chi connectivity index (χ4v) is 3.68. The summed E-state index contributed by atoms with van der Waals surface area (Å²) in [5, 5.41) is 8.19. The summed E-state index contributed by atoms with van der Waals surface area (Å²) in [4.78, 5) is 20.3. The number of nitrogens with zero attached hydrogens (tertiary/aromatic N) is 4. The number of rotatable bonds is 7. The van der Waals surface area contributed by atoms with Gasteiger partial charge < -0.3 is 14.5 Å². The van der Waals surface area contributed by atoms with E-state index in [0.717, 1.165) is 22.6 Å². The molecule has 2 aromatic heterocycles. The molecule has 158 valence electrons. The van der Waals surface area contributed by atoms with Gasteiger partial charge >= 0.3 is 0 Å². The molecule has 2 heterocycles. The van der Waals surface area contributed by atoms with Crippen LogP contribution in [0.4, 0.5) is 0 Å². The van der Waals surface area contributed by atoms with E-state index in [1.54, 1.807) is 11.8 Å². The van der Waals surface area contributed by atoms with E-state index in [4.69, 9.17) is 14.5 Å². The van der Waals surface area contributed by atoms with E-state index in [1.807, 2.05) is 37.3 Å². The van der Waals surface area contributed by atoms with Crippen molar-refractivity contribution in [3.05, 3.63) is 63.9 Å². The molecule has 0 bridgehead atoms. The van der Waals surface area contributed by atoms with Crippen LogP contribution < -0.4 is 15.0 Å². The summed E-state index contributed by atoms with van der Waals surface area (Å²) < 4.78 is 12.7. The summed E-state index contributed by atoms with van der Waals surface area (Å²) >= 11 is 0. The summed E-state index contributed by atoms with van der Waals surface area (Å²) in [6.07, 6.45) is 2.42. The zero-order chi connectivity index (χ0) is 21.4. The molecule has 0 radical (unpaired) electrons. The lowest BCUT2D eigenvalue weighted by Gasteiger charge is -2.12. The Labute approximate surface area is 178 Å². The molecule has 1 N–H and O–H groups in total. The van der Waals surface area contributed by atoms with Gasteiger partial charge in [0.2, 0.25) is 0 Å². The number of fused-ring (bicyclic) bond motifs is 1. The topological polar surface area (TPSA) is 94.9 Å². The number of methoxy groups -OCH3 is 1. The van der Waals surface area contributed by atoms with Crippen molar-refractivity contribution in [1.29, 1.82) is 0 Å². The van der Waals surface area contributed by atoms with Crippen LogP contribution in [0.2, 0.25) is 0 Å². The van der Waals surface area contributed by atoms with Gasteiger partial charge in [-0.2, -0.15) is 0 Å². The molecule has 0 amide bonds. The Balaban J connectivity index is 1.56. The quantitative estimate of drug-likeness (QED) is 0.494. The second kappa shape index (κ2) is 7.86. The van der Waals surface area contributed by atoms with Gasteiger partial charge in [0.05, 0.1) is 25.8 Å². The van der Waals surface area contributed by atoms with Crippen molar-refractivity contribution in [2.75, 3.05) is 13.7 Å². The normalized spacial score (nSPS) is 13.5. The van der Waals surface area contributed by atoms with E-state index >= 15 is 0 Å². The third-order valence-electron chi connectivity index (χ3n) is 5.47. The van der Waals surface area contributed by atoms with Crippen molar-refractivity contribution in [3.63, 3.8) is 0 Å². The molecular weight excluding hydrogens is 394 g/mol. The maximum atomic E-state index is 12.7. The largest absolute Gasteiger partial charge is 0.497 e. The lowest BCUT2D eigenvalue weighted by Crippen LogP contribution is -2.12. The Morgan fingerprint density at radius 1 is 1.16 bits per heavy atom. The third-order valence-corrected chi connectivity index (χ3v) is 5.47. The second-order valence-corrected chi connectivity index (χ2v) is 7.64. The molecule has 1 fully saturated rings. The van der Waals surface area contributed by atoms with Crippen LogP contribution in [0.5, 0.6) is 11.5 Å². The molecule has 0 atom stereocenters. The number of benzene rings is 2. The van der Waals surface area contributed by atoms with Crippen molar-refractivity contribution in [1.82, 2.24) is 25.0 Å². The minimum absolute atomic E-state index is 0.213. The van der Waals surface area contributed by atoms with Gasteiger partial charge in [0.15, 0.2) is 11.2 Å². The van der Waals surface area contributed by atoms with E-state index < -0.39 is 0 Å². The highest BCUT2D eigenvalue weighted by molar-refractivity contribution is 5.74. The van der Waals surface area contributed by atoms with Crippen LogP contribution in [0.1, 0.15) is 36.8 Å². The molecular formula is C23H23N5O3. The minimum atomic E-state index is -0.324. The fraction of sp³-hybridized carbons (Fsp3) is 0.304. The molecule has 0 spiro atoms. The number of nitrogens with one attached hydrogen (secondary N) is 1. The van der Waals surface area contributed by atoms with Gasteiger partial charge in [0, 0.05) is 0 Å². The molecule has 1 saturated carbocycles. The van der Waals surface area contributed by atoms with Crippen molar-refractivity contribution >= 4 is 11.2 Å². The van der Waals surface area contributed by atoms with Gasteiger partial charge in [0.25, 0.3) is 5.56 Å². The van der Waals surface area contributed by atoms with Crippen molar-refractivity contribution < 1.29 is 9.47 Å². The lowest BCUT2D eigenvalue weighted by atomic mass is 10.1. The van der Waals surface area contributed by atoms with E-state index in [1.165, 1.54) is 18.4 Å². The van der Waals surface area contributed by atoms with Gasteiger partial charge in [-0.25, -0.2) is 9.67 Å². The van der Waals surface area contributed by atoms with E-state index in [2.05, 4.69) is 27.4 Å². The zero-order valence-electron chi connectivity index (χ0n) is 17.5. The molecule has 31 heavy (non-hydrogen) atoms. The van der Waals surface area contributed by atoms with Crippen LogP contribution in [-0.4, -0.2) is 38.7 Å². The van der Waals surface area contributed by atoms with Crippen molar-refractivity contribution in [2.24, 2.45) is 0 Å². The van der Waals surface area contributed by atoms with E-state index in [0.29, 0.717) is 30.5 Å². The number of ether oxygens (including phenoxy) is 2. The molecule has 1 aliphatic carbocycles. The monoisotopic (exact) mass is 417 g/mol. The highest BCUT2D eigenvalue weighted by atomic mass is 16.5. The molecule has 1 aliphatic rings. The first-order valence-electron chi connectivity index (χ1n) is 10.4. The van der Waals surface area contributed by atoms with Crippen LogP contribution in [0.25, 0.3) is 22.6 Å². The fourth-order valence-electron chi connectivity index (χ4n) is 3.68. The van der Waals surface area contributed by atoms with E-state index in [9.17, 15) is 4.79 Å². The molecule has 0 saturated heterocycles. The average Bonchev–Trinajstić information content (AvgIpc) is 3.56. The second-order valence-electron chi connectivity index (χ2n) is 7.64. The molecule has 8 nitrogen and oxygen atoms in total. The summed E-state index contributed by atoms with van der Waals surface area (Å²) in [5.74, 6) is 2.56. The highest BCUT2D eigenvalue weighted by Crippen LogP contribution is 2.42. The first-order valence-corrected chi connectivity index (χ1v) is 10.4. The van der Waals surface area contributed by atoms with Crippen molar-refractivity contribution in [3.8, 4) is 22.9 Å². The molecule has 2 aromatic carbocycles. The Morgan fingerprint density at radius 2 is 1.97 bits per heavy atom. The summed E-state index contributed by atoms with van der Waals surface area (Å²) in [7, 11) is 1.63. The predicted octanol–water partition coefficient (Wildman–Crippen LogP) is 3.51. The number of H-pyrrole nitrogens is 1. The van der Waals surface area contributed by atoms with Crippen LogP contribution in [-0.2, 0) is 6.54 Å². The van der Waals surface area contributed by atoms with Crippen LogP contribution in [0.3, 0.4) is 0 Å². The molecule has 8 heteroatoms. The smallest absolute Gasteiger partial charge is 0.281 e. The molecule has 0 aliphatic heterocycles. The highest BCUT2D eigenvalue weighted by Gasteiger charge is 2.25. The Hall–Kier alpha value is -3.68. The maximum absolute atomic E-state index is 12.7. The number of aromatic amines is 1. The van der Waals surface area contributed by atoms with Gasteiger partial charge in [-0.05, 0) is 61.1 Å².